The summed E-state index contributed by atoms with van der Waals surface area (Å²) in [6.45, 7) is 4.72. The predicted octanol–water partition coefficient (Wildman–Crippen LogP) is 2.35. The molecule has 0 amide bonds. The van der Waals surface area contributed by atoms with Gasteiger partial charge in [-0.05, 0) is 29.7 Å². The van der Waals surface area contributed by atoms with Gasteiger partial charge in [-0.25, -0.2) is 0 Å². The molecule has 4 rings (SSSR count). The summed E-state index contributed by atoms with van der Waals surface area (Å²) in [5.74, 6) is 0.563. The van der Waals surface area contributed by atoms with Crippen molar-refractivity contribution in [2.45, 2.75) is 50.0 Å². The zero-order chi connectivity index (χ0) is 14.5. The van der Waals surface area contributed by atoms with E-state index in [1.54, 1.807) is 7.11 Å². The van der Waals surface area contributed by atoms with Gasteiger partial charge in [-0.15, -0.1) is 0 Å². The maximum Gasteiger partial charge on any atom is 0.169 e. The van der Waals surface area contributed by atoms with E-state index >= 15 is 0 Å². The zero-order valence-corrected chi connectivity index (χ0v) is 12.8. The summed E-state index contributed by atoms with van der Waals surface area (Å²) in [5.41, 5.74) is 2.79. The van der Waals surface area contributed by atoms with Crippen LogP contribution in [0.3, 0.4) is 0 Å². The van der Waals surface area contributed by atoms with Crippen molar-refractivity contribution >= 4 is 0 Å². The van der Waals surface area contributed by atoms with Crippen LogP contribution in [0.1, 0.15) is 37.3 Å². The Kier molecular flexibility index (Phi) is 3.03. The summed E-state index contributed by atoms with van der Waals surface area (Å²) in [7, 11) is 1.73. The fourth-order valence-corrected chi connectivity index (χ4v) is 4.41. The van der Waals surface area contributed by atoms with Crippen molar-refractivity contribution in [3.8, 4) is 5.75 Å². The van der Waals surface area contributed by atoms with E-state index in [1.165, 1.54) is 11.1 Å². The molecule has 1 spiro atoms. The number of nitrogens with one attached hydrogen (secondary N) is 1. The zero-order valence-electron chi connectivity index (χ0n) is 12.8. The Balaban J connectivity index is 1.77. The highest BCUT2D eigenvalue weighted by atomic mass is 16.7. The number of benzene rings is 1. The van der Waals surface area contributed by atoms with Crippen LogP contribution in [0.4, 0.5) is 0 Å². The molecule has 0 aromatic heterocycles. The fourth-order valence-electron chi connectivity index (χ4n) is 4.41. The number of fused-ring (bicyclic) bond motifs is 3. The summed E-state index contributed by atoms with van der Waals surface area (Å²) < 4.78 is 17.4. The molecule has 114 valence electrons. The SMILES string of the molecule is COc1ccc2c(c1)C1(C)CC3(CCC1NC2)OCCO3. The molecule has 2 unspecified atom stereocenters. The monoisotopic (exact) mass is 289 g/mol. The van der Waals surface area contributed by atoms with Gasteiger partial charge in [-0.3, -0.25) is 0 Å². The van der Waals surface area contributed by atoms with Gasteiger partial charge in [0.25, 0.3) is 0 Å². The fraction of sp³-hybridized carbons (Fsp3) is 0.647. The molecular formula is C17H23NO3. The van der Waals surface area contributed by atoms with Crippen LogP contribution < -0.4 is 10.1 Å². The summed E-state index contributed by atoms with van der Waals surface area (Å²) in [4.78, 5) is 0. The average Bonchev–Trinajstić information content (AvgIpc) is 2.94. The van der Waals surface area contributed by atoms with Gasteiger partial charge in [-0.1, -0.05) is 13.0 Å². The van der Waals surface area contributed by atoms with Crippen molar-refractivity contribution in [3.63, 3.8) is 0 Å². The van der Waals surface area contributed by atoms with E-state index in [4.69, 9.17) is 14.2 Å². The quantitative estimate of drug-likeness (QED) is 0.861. The van der Waals surface area contributed by atoms with E-state index < -0.39 is 0 Å². The molecule has 2 atom stereocenters. The van der Waals surface area contributed by atoms with Crippen LogP contribution in [0.2, 0.25) is 0 Å². The van der Waals surface area contributed by atoms with Crippen molar-refractivity contribution in [1.82, 2.24) is 5.32 Å². The molecule has 4 heteroatoms. The minimum Gasteiger partial charge on any atom is -0.497 e. The number of hydrogen-bond donors (Lipinski definition) is 1. The predicted molar refractivity (Wildman–Crippen MR) is 79.5 cm³/mol. The van der Waals surface area contributed by atoms with E-state index in [1.807, 2.05) is 6.07 Å². The second kappa shape index (κ2) is 4.70. The first-order valence-corrected chi connectivity index (χ1v) is 7.84. The van der Waals surface area contributed by atoms with Crippen LogP contribution in [0.5, 0.6) is 5.75 Å². The largest absolute Gasteiger partial charge is 0.497 e. The minimum atomic E-state index is -0.370. The third kappa shape index (κ3) is 2.00. The van der Waals surface area contributed by atoms with Crippen molar-refractivity contribution in [1.29, 1.82) is 0 Å². The molecular weight excluding hydrogens is 266 g/mol. The van der Waals surface area contributed by atoms with Crippen molar-refractivity contribution in [2.24, 2.45) is 0 Å². The molecule has 1 saturated carbocycles. The van der Waals surface area contributed by atoms with Crippen molar-refractivity contribution < 1.29 is 14.2 Å². The third-order valence-corrected chi connectivity index (χ3v) is 5.50. The average molecular weight is 289 g/mol. The van der Waals surface area contributed by atoms with Crippen LogP contribution in [-0.4, -0.2) is 32.2 Å². The van der Waals surface area contributed by atoms with Gasteiger partial charge in [0.15, 0.2) is 5.79 Å². The van der Waals surface area contributed by atoms with E-state index in [9.17, 15) is 0 Å². The first-order valence-electron chi connectivity index (χ1n) is 7.84. The second-order valence-corrected chi connectivity index (χ2v) is 6.70. The normalized spacial score (nSPS) is 33.5. The van der Waals surface area contributed by atoms with Crippen LogP contribution in [0.25, 0.3) is 0 Å². The molecule has 1 aromatic carbocycles. The van der Waals surface area contributed by atoms with E-state index in [0.29, 0.717) is 6.04 Å². The Morgan fingerprint density at radius 2 is 2.10 bits per heavy atom. The van der Waals surface area contributed by atoms with E-state index in [2.05, 4.69) is 24.4 Å². The van der Waals surface area contributed by atoms with Crippen LogP contribution >= 0.6 is 0 Å². The van der Waals surface area contributed by atoms with Crippen molar-refractivity contribution in [2.75, 3.05) is 20.3 Å². The molecule has 3 aliphatic rings. The third-order valence-electron chi connectivity index (χ3n) is 5.50. The Morgan fingerprint density at radius 3 is 2.86 bits per heavy atom. The molecule has 4 nitrogen and oxygen atoms in total. The first-order chi connectivity index (χ1) is 10.2. The van der Waals surface area contributed by atoms with Gasteiger partial charge < -0.3 is 19.5 Å². The lowest BCUT2D eigenvalue weighted by Crippen LogP contribution is -2.58. The van der Waals surface area contributed by atoms with Crippen LogP contribution in [0.15, 0.2) is 18.2 Å². The molecule has 2 aliphatic heterocycles. The highest BCUT2D eigenvalue weighted by molar-refractivity contribution is 5.44. The Morgan fingerprint density at radius 1 is 1.29 bits per heavy atom. The topological polar surface area (TPSA) is 39.7 Å². The molecule has 1 saturated heterocycles. The molecule has 0 radical (unpaired) electrons. The Hall–Kier alpha value is -1.10. The van der Waals surface area contributed by atoms with Crippen molar-refractivity contribution in [3.05, 3.63) is 29.3 Å². The molecule has 1 N–H and O–H groups in total. The van der Waals surface area contributed by atoms with Gasteiger partial charge in [0.1, 0.15) is 5.75 Å². The smallest absolute Gasteiger partial charge is 0.169 e. The summed E-state index contributed by atoms with van der Waals surface area (Å²) in [6, 6.07) is 6.92. The van der Waals surface area contributed by atoms with Gasteiger partial charge in [-0.2, -0.15) is 0 Å². The van der Waals surface area contributed by atoms with Crippen LogP contribution in [0, 0.1) is 0 Å². The minimum absolute atomic E-state index is 0.0325. The lowest BCUT2D eigenvalue weighted by atomic mass is 9.62. The lowest BCUT2D eigenvalue weighted by Gasteiger charge is -2.51. The molecule has 0 bridgehead atoms. The van der Waals surface area contributed by atoms with E-state index in [-0.39, 0.29) is 11.2 Å². The van der Waals surface area contributed by atoms with Gasteiger partial charge in [0.05, 0.1) is 20.3 Å². The molecule has 21 heavy (non-hydrogen) atoms. The second-order valence-electron chi connectivity index (χ2n) is 6.70. The summed E-state index contributed by atoms with van der Waals surface area (Å²) in [6.07, 6.45) is 2.99. The Bertz CT molecular complexity index is 553. The number of ether oxygens (including phenoxy) is 3. The highest BCUT2D eigenvalue weighted by Crippen LogP contribution is 2.50. The lowest BCUT2D eigenvalue weighted by molar-refractivity contribution is -0.195. The highest BCUT2D eigenvalue weighted by Gasteiger charge is 2.53. The number of hydrogen-bond acceptors (Lipinski definition) is 4. The van der Waals surface area contributed by atoms with Gasteiger partial charge in [0.2, 0.25) is 0 Å². The van der Waals surface area contributed by atoms with Crippen LogP contribution in [-0.2, 0) is 21.4 Å². The summed E-state index contributed by atoms with van der Waals surface area (Å²) in [5, 5.41) is 3.71. The molecule has 1 aromatic rings. The molecule has 1 aliphatic carbocycles. The van der Waals surface area contributed by atoms with Gasteiger partial charge >= 0.3 is 0 Å². The summed E-state index contributed by atoms with van der Waals surface area (Å²) >= 11 is 0. The standard InChI is InChI=1S/C17H23NO3/c1-16-11-17(20-7-8-21-17)6-5-15(16)18-10-12-3-4-13(19-2)9-14(12)16/h3-4,9,15,18H,5-8,10-11H2,1-2H3. The number of rotatable bonds is 1. The maximum absolute atomic E-state index is 5.99. The maximum atomic E-state index is 5.99. The Labute approximate surface area is 125 Å². The first kappa shape index (κ1) is 13.6. The van der Waals surface area contributed by atoms with Gasteiger partial charge in [0, 0.05) is 30.8 Å². The molecule has 2 fully saturated rings. The number of methoxy groups -OCH3 is 1. The molecule has 2 heterocycles. The van der Waals surface area contributed by atoms with E-state index in [0.717, 1.165) is 44.8 Å².